The molecule has 3 fully saturated rings. The van der Waals surface area contributed by atoms with Crippen molar-refractivity contribution in [2.45, 2.75) is 77.0 Å². The minimum absolute atomic E-state index is 0.159. The number of hydrogen-bond donors (Lipinski definition) is 0. The number of piperidine rings is 3. The summed E-state index contributed by atoms with van der Waals surface area (Å²) in [5.41, 5.74) is 5.02. The van der Waals surface area contributed by atoms with Gasteiger partial charge in [-0.2, -0.15) is 0 Å². The zero-order valence-electron chi connectivity index (χ0n) is 27.2. The van der Waals surface area contributed by atoms with Crippen LogP contribution in [-0.4, -0.2) is 83.5 Å². The van der Waals surface area contributed by atoms with Gasteiger partial charge in [0.1, 0.15) is 0 Å². The summed E-state index contributed by atoms with van der Waals surface area (Å²) < 4.78 is 7.16. The lowest BCUT2D eigenvalue weighted by molar-refractivity contribution is -0.135. The molecule has 47 heavy (non-hydrogen) atoms. The summed E-state index contributed by atoms with van der Waals surface area (Å²) in [5.74, 6) is 1.63. The smallest absolute Gasteiger partial charge is 0.409 e. The second-order valence-electron chi connectivity index (χ2n) is 13.7. The van der Waals surface area contributed by atoms with Crippen LogP contribution in [0.2, 0.25) is 5.02 Å². The zero-order chi connectivity index (χ0) is 33.1. The molecule has 1 aromatic carbocycles. The van der Waals surface area contributed by atoms with E-state index in [2.05, 4.69) is 48.9 Å². The lowest BCUT2D eigenvalue weighted by Crippen LogP contribution is -2.44. The van der Waals surface area contributed by atoms with E-state index in [-0.39, 0.29) is 23.8 Å². The number of carbonyl (C=O) groups is 3. The third-order valence-electron chi connectivity index (χ3n) is 10.8. The van der Waals surface area contributed by atoms with Crippen LogP contribution in [-0.2, 0) is 27.2 Å². The Bertz CT molecular complexity index is 1470. The topological polar surface area (TPSA) is 83.0 Å². The van der Waals surface area contributed by atoms with Crippen LogP contribution < -0.4 is 0 Å². The zero-order valence-corrected chi connectivity index (χ0v) is 31.1. The van der Waals surface area contributed by atoms with E-state index in [9.17, 15) is 14.4 Å². The average molecular weight is 793 g/mol. The predicted molar refractivity (Wildman–Crippen MR) is 190 cm³/mol. The number of benzene rings is 1. The minimum atomic E-state index is -0.251. The number of likely N-dealkylation sites (tertiary alicyclic amines) is 3. The molecule has 1 aromatic heterocycles. The monoisotopic (exact) mass is 790 g/mol. The number of amides is 3. The molecule has 4 aliphatic rings. The first-order chi connectivity index (χ1) is 22.7. The van der Waals surface area contributed by atoms with Gasteiger partial charge in [0.25, 0.3) is 0 Å². The van der Waals surface area contributed by atoms with E-state index >= 15 is 0 Å². The van der Waals surface area contributed by atoms with Gasteiger partial charge in [0.2, 0.25) is 11.8 Å². The van der Waals surface area contributed by atoms with E-state index < -0.39 is 0 Å². The van der Waals surface area contributed by atoms with E-state index in [4.69, 9.17) is 21.3 Å². The van der Waals surface area contributed by atoms with Crippen LogP contribution in [0.3, 0.4) is 0 Å². The van der Waals surface area contributed by atoms with Crippen molar-refractivity contribution in [1.82, 2.24) is 19.7 Å². The molecular weight excluding hydrogens is 748 g/mol. The Morgan fingerprint density at radius 2 is 1.36 bits per heavy atom. The van der Waals surface area contributed by atoms with Crippen LogP contribution in [0, 0.1) is 17.8 Å². The van der Waals surface area contributed by atoms with Crippen molar-refractivity contribution in [2.75, 3.05) is 45.9 Å². The Labute approximate surface area is 300 Å². The van der Waals surface area contributed by atoms with Gasteiger partial charge in [0.15, 0.2) is 0 Å². The first-order valence-corrected chi connectivity index (χ1v) is 19.3. The Kier molecular flexibility index (Phi) is 11.5. The van der Waals surface area contributed by atoms with Gasteiger partial charge in [0.05, 0.1) is 12.3 Å². The molecule has 0 spiro atoms. The molecule has 254 valence electrons. The standard InChI is InChI=1S/C36H45Br2ClN4O4/c1-2-47-36(46)43-13-7-24(8-14-43)18-31(44)41-11-5-23(6-12-41)17-32(45)42-15-9-25(10-16-42)34-33-26(20-29(39)21-30(33)38)3-4-27-19-28(37)22-40-35(27)34/h19-25,34H,2-18H2,1H3/t34-/m1/s1. The van der Waals surface area contributed by atoms with Crippen LogP contribution in [0.5, 0.6) is 0 Å². The molecular formula is C36H45Br2ClN4O4. The molecule has 3 aliphatic heterocycles. The minimum Gasteiger partial charge on any atom is -0.450 e. The number of ether oxygens (including phenoxy) is 1. The fourth-order valence-corrected chi connectivity index (χ4v) is 9.68. The van der Waals surface area contributed by atoms with Crippen LogP contribution in [0.25, 0.3) is 0 Å². The third-order valence-corrected chi connectivity index (χ3v) is 12.1. The molecule has 11 heteroatoms. The number of aromatic nitrogens is 1. The van der Waals surface area contributed by atoms with Crippen LogP contribution in [0.15, 0.2) is 33.3 Å². The number of carbonyl (C=O) groups excluding carboxylic acids is 3. The lowest BCUT2D eigenvalue weighted by Gasteiger charge is -2.38. The van der Waals surface area contributed by atoms with E-state index in [0.29, 0.717) is 50.3 Å². The molecule has 4 heterocycles. The Morgan fingerprint density at radius 1 is 0.809 bits per heavy atom. The molecule has 0 N–H and O–H groups in total. The Morgan fingerprint density at radius 3 is 1.96 bits per heavy atom. The van der Waals surface area contributed by atoms with Crippen LogP contribution in [0.4, 0.5) is 4.79 Å². The van der Waals surface area contributed by atoms with Gasteiger partial charge in [-0.3, -0.25) is 14.6 Å². The summed E-state index contributed by atoms with van der Waals surface area (Å²) in [5, 5.41) is 0.748. The SMILES string of the molecule is CCOC(=O)N1CCC(CC(=O)N2CCC(CC(=O)N3CCC([C@H]4c5ncc(Br)cc5CCc5cc(Cl)cc(Br)c54)CC3)CC2)CC1. The van der Waals surface area contributed by atoms with Crippen molar-refractivity contribution < 1.29 is 19.1 Å². The average Bonchev–Trinajstić information content (AvgIpc) is 3.22. The van der Waals surface area contributed by atoms with E-state index in [1.807, 2.05) is 24.1 Å². The quantitative estimate of drug-likeness (QED) is 0.301. The molecule has 1 aliphatic carbocycles. The summed E-state index contributed by atoms with van der Waals surface area (Å²) in [7, 11) is 0. The second kappa shape index (κ2) is 15.6. The highest BCUT2D eigenvalue weighted by molar-refractivity contribution is 9.10. The molecule has 1 atom stereocenters. The van der Waals surface area contributed by atoms with Gasteiger partial charge in [-0.1, -0.05) is 27.5 Å². The van der Waals surface area contributed by atoms with Gasteiger partial charge >= 0.3 is 6.09 Å². The summed E-state index contributed by atoms with van der Waals surface area (Å²) in [4.78, 5) is 49.3. The number of fused-ring (bicyclic) bond motifs is 2. The molecule has 0 unspecified atom stereocenters. The Balaban J connectivity index is 0.991. The van der Waals surface area contributed by atoms with Crippen molar-refractivity contribution in [1.29, 1.82) is 0 Å². The molecule has 2 aromatic rings. The predicted octanol–water partition coefficient (Wildman–Crippen LogP) is 7.62. The van der Waals surface area contributed by atoms with E-state index in [1.165, 1.54) is 16.7 Å². The van der Waals surface area contributed by atoms with Gasteiger partial charge < -0.3 is 19.4 Å². The molecule has 3 amide bonds. The lowest BCUT2D eigenvalue weighted by atomic mass is 9.76. The maximum atomic E-state index is 13.5. The second-order valence-corrected chi connectivity index (χ2v) is 15.9. The van der Waals surface area contributed by atoms with Crippen molar-refractivity contribution in [2.24, 2.45) is 17.8 Å². The summed E-state index contributed by atoms with van der Waals surface area (Å²) in [6.45, 7) is 6.48. The number of rotatable bonds is 6. The highest BCUT2D eigenvalue weighted by Gasteiger charge is 2.37. The molecule has 6 rings (SSSR count). The highest BCUT2D eigenvalue weighted by atomic mass is 79.9. The summed E-state index contributed by atoms with van der Waals surface area (Å²) in [6, 6.07) is 6.33. The van der Waals surface area contributed by atoms with Crippen LogP contribution in [0.1, 0.15) is 86.6 Å². The maximum Gasteiger partial charge on any atom is 0.409 e. The first-order valence-electron chi connectivity index (χ1n) is 17.3. The molecule has 0 radical (unpaired) electrons. The molecule has 0 bridgehead atoms. The maximum absolute atomic E-state index is 13.5. The third kappa shape index (κ3) is 8.18. The van der Waals surface area contributed by atoms with E-state index in [0.717, 1.165) is 97.2 Å². The van der Waals surface area contributed by atoms with Crippen LogP contribution >= 0.6 is 43.5 Å². The van der Waals surface area contributed by atoms with Crippen molar-refractivity contribution >= 4 is 61.4 Å². The first kappa shape index (κ1) is 34.7. The highest BCUT2D eigenvalue weighted by Crippen LogP contribution is 2.46. The van der Waals surface area contributed by atoms with E-state index in [1.54, 1.807) is 4.90 Å². The number of halogens is 3. The number of hydrogen-bond acceptors (Lipinski definition) is 5. The van der Waals surface area contributed by atoms with Crippen molar-refractivity contribution in [3.05, 3.63) is 60.7 Å². The van der Waals surface area contributed by atoms with Gasteiger partial charge in [-0.05, 0) is 127 Å². The summed E-state index contributed by atoms with van der Waals surface area (Å²) >= 11 is 14.0. The summed E-state index contributed by atoms with van der Waals surface area (Å²) in [6.07, 6.45) is 9.93. The van der Waals surface area contributed by atoms with Gasteiger partial charge in [-0.15, -0.1) is 0 Å². The fourth-order valence-electron chi connectivity index (χ4n) is 8.19. The van der Waals surface area contributed by atoms with Gasteiger partial charge in [0, 0.05) is 78.2 Å². The van der Waals surface area contributed by atoms with Crippen molar-refractivity contribution in [3.63, 3.8) is 0 Å². The normalized spacial score (nSPS) is 21.2. The molecule has 3 saturated heterocycles. The number of nitrogens with zero attached hydrogens (tertiary/aromatic N) is 4. The van der Waals surface area contributed by atoms with Gasteiger partial charge in [-0.25, -0.2) is 4.79 Å². The fraction of sp³-hybridized carbons (Fsp3) is 0.611. The Hall–Kier alpha value is -2.17. The largest absolute Gasteiger partial charge is 0.450 e. The molecule has 8 nitrogen and oxygen atoms in total. The number of aryl methyl sites for hydroxylation is 2. The van der Waals surface area contributed by atoms with Crippen molar-refractivity contribution in [3.8, 4) is 0 Å². The number of pyridine rings is 1. The molecule has 0 saturated carbocycles.